The zero-order valence-corrected chi connectivity index (χ0v) is 18.9. The zero-order valence-electron chi connectivity index (χ0n) is 18.9. The van der Waals surface area contributed by atoms with E-state index in [9.17, 15) is 9.59 Å². The van der Waals surface area contributed by atoms with Crippen LogP contribution in [0.3, 0.4) is 0 Å². The van der Waals surface area contributed by atoms with Gasteiger partial charge in [0.2, 0.25) is 0 Å². The predicted octanol–water partition coefficient (Wildman–Crippen LogP) is 2.39. The fraction of sp³-hybridized carbons (Fsp3) is 0.810. The molecular weight excluding hydrogens is 376 g/mol. The lowest BCUT2D eigenvalue weighted by Crippen LogP contribution is -2.44. The number of aryl methyl sites for hydroxylation is 1. The van der Waals surface area contributed by atoms with Gasteiger partial charge in [0.15, 0.2) is 6.23 Å². The van der Waals surface area contributed by atoms with E-state index in [0.717, 1.165) is 6.42 Å². The number of aromatic nitrogens is 2. The molecule has 1 aliphatic heterocycles. The van der Waals surface area contributed by atoms with Gasteiger partial charge in [0.25, 0.3) is 5.56 Å². The number of aromatic amines is 1. The maximum Gasteiger partial charge on any atom is 0.330 e. The minimum absolute atomic E-state index is 0.0119. The second kappa shape index (κ2) is 9.12. The van der Waals surface area contributed by atoms with Gasteiger partial charge in [-0.1, -0.05) is 20.8 Å². The first-order valence-electron chi connectivity index (χ1n) is 10.1. The van der Waals surface area contributed by atoms with E-state index < -0.39 is 29.2 Å². The molecule has 4 atom stereocenters. The van der Waals surface area contributed by atoms with Crippen LogP contribution < -0.4 is 11.2 Å². The molecule has 1 aliphatic rings. The van der Waals surface area contributed by atoms with Crippen molar-refractivity contribution in [2.24, 2.45) is 5.41 Å². The molecule has 1 unspecified atom stereocenters. The van der Waals surface area contributed by atoms with Gasteiger partial charge in [-0.2, -0.15) is 0 Å². The van der Waals surface area contributed by atoms with Crippen molar-refractivity contribution in [3.8, 4) is 0 Å². The minimum Gasteiger partial charge on any atom is -0.382 e. The molecule has 0 saturated carbocycles. The molecule has 0 radical (unpaired) electrons. The van der Waals surface area contributed by atoms with E-state index in [4.69, 9.17) is 18.9 Å². The van der Waals surface area contributed by atoms with Gasteiger partial charge in [-0.25, -0.2) is 4.79 Å². The van der Waals surface area contributed by atoms with Crippen LogP contribution in [0.25, 0.3) is 0 Å². The van der Waals surface area contributed by atoms with Gasteiger partial charge in [-0.3, -0.25) is 14.3 Å². The van der Waals surface area contributed by atoms with Crippen molar-refractivity contribution < 1.29 is 18.9 Å². The average molecular weight is 413 g/mol. The third kappa shape index (κ3) is 6.50. The van der Waals surface area contributed by atoms with Crippen LogP contribution in [-0.2, 0) is 18.9 Å². The molecule has 0 aliphatic carbocycles. The maximum absolute atomic E-state index is 12.5. The number of ether oxygens (including phenoxy) is 4. The van der Waals surface area contributed by atoms with Gasteiger partial charge in [0.1, 0.15) is 12.2 Å². The fourth-order valence-corrected chi connectivity index (χ4v) is 3.47. The third-order valence-corrected chi connectivity index (χ3v) is 4.61. The summed E-state index contributed by atoms with van der Waals surface area (Å²) in [5.41, 5.74) is -0.946. The molecule has 0 amide bonds. The molecule has 1 aromatic rings. The third-order valence-electron chi connectivity index (χ3n) is 4.61. The average Bonchev–Trinajstić information content (AvgIpc) is 2.85. The first-order valence-corrected chi connectivity index (χ1v) is 10.1. The van der Waals surface area contributed by atoms with E-state index in [1.54, 1.807) is 14.0 Å². The lowest BCUT2D eigenvalue weighted by atomic mass is 9.87. The Kier molecular flexibility index (Phi) is 7.48. The molecule has 0 bridgehead atoms. The van der Waals surface area contributed by atoms with E-state index in [0.29, 0.717) is 18.8 Å². The van der Waals surface area contributed by atoms with Crippen LogP contribution in [0.1, 0.15) is 59.8 Å². The summed E-state index contributed by atoms with van der Waals surface area (Å²) < 4.78 is 25.4. The number of nitrogens with zero attached hydrogens (tertiary/aromatic N) is 1. The summed E-state index contributed by atoms with van der Waals surface area (Å²) in [6.07, 6.45) is 0.355. The Morgan fingerprint density at radius 1 is 1.10 bits per heavy atom. The Hall–Kier alpha value is -1.48. The smallest absolute Gasteiger partial charge is 0.330 e. The summed E-state index contributed by atoms with van der Waals surface area (Å²) in [5, 5.41) is 0. The number of rotatable bonds is 7. The summed E-state index contributed by atoms with van der Waals surface area (Å²) >= 11 is 0. The molecule has 0 aromatic carbocycles. The number of nitrogens with one attached hydrogen (secondary N) is 1. The van der Waals surface area contributed by atoms with Crippen LogP contribution >= 0.6 is 0 Å². The van der Waals surface area contributed by atoms with Crippen LogP contribution in [0, 0.1) is 12.3 Å². The SMILES string of the molecule is COCCO[C@H]1C(OC(C)(C)C)[C@@H](CC(C)(C)C)O[C@H]1n1cc(C)c(=O)[nH]c1=O. The zero-order chi connectivity index (χ0) is 22.0. The fourth-order valence-electron chi connectivity index (χ4n) is 3.47. The monoisotopic (exact) mass is 412 g/mol. The molecule has 1 fully saturated rings. The molecule has 0 spiro atoms. The Bertz CT molecular complexity index is 786. The van der Waals surface area contributed by atoms with Crippen LogP contribution in [0.15, 0.2) is 15.8 Å². The highest BCUT2D eigenvalue weighted by molar-refractivity contribution is 5.04. The minimum atomic E-state index is -0.713. The standard InChI is InChI=1S/C21H36N2O6/c1-13-12-23(19(25)22-17(13)24)18-16(27-10-9-26-8)15(29-21(5,6)7)14(28-18)11-20(2,3)4/h12,14-16,18H,9-11H2,1-8H3,(H,22,24,25)/t14-,15?,16+,18-/m1/s1. The maximum atomic E-state index is 12.5. The Labute approximate surface area is 172 Å². The van der Waals surface area contributed by atoms with Gasteiger partial charge in [-0.05, 0) is 39.5 Å². The molecule has 2 rings (SSSR count). The van der Waals surface area contributed by atoms with Crippen LogP contribution in [0.4, 0.5) is 0 Å². The Morgan fingerprint density at radius 3 is 2.31 bits per heavy atom. The van der Waals surface area contributed by atoms with Crippen LogP contribution in [0.5, 0.6) is 0 Å². The number of hydrogen-bond donors (Lipinski definition) is 1. The summed E-state index contributed by atoms with van der Waals surface area (Å²) in [6.45, 7) is 14.8. The van der Waals surface area contributed by atoms with Crippen molar-refractivity contribution in [1.29, 1.82) is 0 Å². The molecule has 1 saturated heterocycles. The number of H-pyrrole nitrogens is 1. The predicted molar refractivity (Wildman–Crippen MR) is 110 cm³/mol. The number of hydrogen-bond acceptors (Lipinski definition) is 6. The van der Waals surface area contributed by atoms with Crippen molar-refractivity contribution >= 4 is 0 Å². The summed E-state index contributed by atoms with van der Waals surface area (Å²) in [7, 11) is 1.60. The van der Waals surface area contributed by atoms with E-state index in [-0.39, 0.29) is 17.6 Å². The summed E-state index contributed by atoms with van der Waals surface area (Å²) in [4.78, 5) is 26.7. The van der Waals surface area contributed by atoms with Crippen LogP contribution in [0.2, 0.25) is 0 Å². The highest BCUT2D eigenvalue weighted by Crippen LogP contribution is 2.39. The second-order valence-corrected chi connectivity index (χ2v) is 9.83. The Morgan fingerprint density at radius 2 is 1.76 bits per heavy atom. The lowest BCUT2D eigenvalue weighted by molar-refractivity contribution is -0.134. The van der Waals surface area contributed by atoms with E-state index in [1.165, 1.54) is 10.8 Å². The molecule has 166 valence electrons. The molecule has 29 heavy (non-hydrogen) atoms. The van der Waals surface area contributed by atoms with Crippen molar-refractivity contribution in [2.75, 3.05) is 20.3 Å². The Balaban J connectivity index is 2.47. The molecule has 1 N–H and O–H groups in total. The molecule has 8 nitrogen and oxygen atoms in total. The van der Waals surface area contributed by atoms with E-state index in [2.05, 4.69) is 25.8 Å². The molecular formula is C21H36N2O6. The van der Waals surface area contributed by atoms with Crippen molar-refractivity contribution in [3.05, 3.63) is 32.6 Å². The molecule has 1 aromatic heterocycles. The highest BCUT2D eigenvalue weighted by Gasteiger charge is 2.49. The van der Waals surface area contributed by atoms with Gasteiger partial charge in [0, 0.05) is 18.9 Å². The van der Waals surface area contributed by atoms with E-state index in [1.807, 2.05) is 20.8 Å². The highest BCUT2D eigenvalue weighted by atomic mass is 16.6. The molecule has 2 heterocycles. The normalized spacial score (nSPS) is 25.5. The van der Waals surface area contributed by atoms with Crippen molar-refractivity contribution in [2.45, 2.75) is 85.0 Å². The summed E-state index contributed by atoms with van der Waals surface area (Å²) in [6, 6.07) is 0. The number of methoxy groups -OCH3 is 1. The van der Waals surface area contributed by atoms with E-state index >= 15 is 0 Å². The second-order valence-electron chi connectivity index (χ2n) is 9.83. The lowest BCUT2D eigenvalue weighted by Gasteiger charge is -2.33. The van der Waals surface area contributed by atoms with Gasteiger partial charge in [0.05, 0.1) is 24.9 Å². The molecule has 8 heteroatoms. The topological polar surface area (TPSA) is 91.8 Å². The quantitative estimate of drug-likeness (QED) is 0.692. The van der Waals surface area contributed by atoms with Gasteiger partial charge >= 0.3 is 5.69 Å². The van der Waals surface area contributed by atoms with Gasteiger partial charge < -0.3 is 18.9 Å². The van der Waals surface area contributed by atoms with Crippen molar-refractivity contribution in [1.82, 2.24) is 9.55 Å². The first kappa shape index (κ1) is 23.8. The van der Waals surface area contributed by atoms with Crippen LogP contribution in [-0.4, -0.2) is 53.8 Å². The largest absolute Gasteiger partial charge is 0.382 e. The van der Waals surface area contributed by atoms with Crippen molar-refractivity contribution in [3.63, 3.8) is 0 Å². The van der Waals surface area contributed by atoms with Gasteiger partial charge in [-0.15, -0.1) is 0 Å². The first-order chi connectivity index (χ1) is 13.3. The summed E-state index contributed by atoms with van der Waals surface area (Å²) in [5.74, 6) is 0.